The van der Waals surface area contributed by atoms with Crippen molar-refractivity contribution in [2.45, 2.75) is 128 Å². The number of methoxy groups -OCH3 is 2. The number of esters is 1. The number of likely N-dealkylation sites (tertiary alicyclic amines) is 1. The topological polar surface area (TPSA) is 96.0 Å². The Morgan fingerprint density at radius 2 is 1.61 bits per heavy atom. The third-order valence-electron chi connectivity index (χ3n) is 12.7. The van der Waals surface area contributed by atoms with Crippen LogP contribution in [0.3, 0.4) is 0 Å². The van der Waals surface area contributed by atoms with Crippen molar-refractivity contribution in [2.75, 3.05) is 60.2 Å². The second-order valence-corrected chi connectivity index (χ2v) is 22.3. The number of piperidine rings is 1. The summed E-state index contributed by atoms with van der Waals surface area (Å²) < 4.78 is 36.3. The molecule has 1 aliphatic carbocycles. The van der Waals surface area contributed by atoms with Crippen molar-refractivity contribution in [3.63, 3.8) is 0 Å². The molecule has 56 heavy (non-hydrogen) atoms. The Balaban J connectivity index is 1.37. The van der Waals surface area contributed by atoms with E-state index in [4.69, 9.17) is 28.1 Å². The van der Waals surface area contributed by atoms with Gasteiger partial charge in [-0.05, 0) is 111 Å². The number of benzene rings is 2. The van der Waals surface area contributed by atoms with Gasteiger partial charge in [0.1, 0.15) is 24.5 Å². The molecule has 1 amide bonds. The Bertz CT molecular complexity index is 1550. The summed E-state index contributed by atoms with van der Waals surface area (Å²) in [6.45, 7) is 18.6. The number of amides is 1. The minimum Gasteiger partial charge on any atom is -0.493 e. The lowest BCUT2D eigenvalue weighted by Gasteiger charge is -2.44. The number of aryl methyl sites for hydroxylation is 1. The zero-order valence-electron chi connectivity index (χ0n) is 35.6. The Morgan fingerprint density at radius 1 is 0.893 bits per heavy atom. The smallest absolute Gasteiger partial charge is 0.329 e. The summed E-state index contributed by atoms with van der Waals surface area (Å²) >= 11 is 0. The SMILES string of the molecule is COc1ccc(CC[C@@H](OC(=O)C2CCCCN2C(=O)[C@@H](C2CCCCC2)[C@@H](C)O[Si](C)(C)C(C)(C)C)c2cccc(OCCN3CCOCC3)c2)cc1OC. The summed E-state index contributed by atoms with van der Waals surface area (Å²) in [6.07, 6.45) is 8.24. The highest BCUT2D eigenvalue weighted by Gasteiger charge is 2.46. The number of carbonyl (C=O) groups excluding carboxylic acids is 2. The van der Waals surface area contributed by atoms with Gasteiger partial charge < -0.3 is 33.0 Å². The molecule has 3 aliphatic rings. The van der Waals surface area contributed by atoms with E-state index in [9.17, 15) is 9.59 Å². The molecular formula is C45H70N2O8Si. The van der Waals surface area contributed by atoms with Gasteiger partial charge in [0.05, 0.1) is 39.5 Å². The van der Waals surface area contributed by atoms with Gasteiger partial charge in [0.25, 0.3) is 0 Å². The summed E-state index contributed by atoms with van der Waals surface area (Å²) in [5.74, 6) is 1.74. The Kier molecular flexibility index (Phi) is 16.1. The van der Waals surface area contributed by atoms with Crippen molar-refractivity contribution in [1.82, 2.24) is 9.80 Å². The van der Waals surface area contributed by atoms with Gasteiger partial charge in [-0.25, -0.2) is 4.79 Å². The van der Waals surface area contributed by atoms with E-state index in [1.54, 1.807) is 14.2 Å². The van der Waals surface area contributed by atoms with E-state index >= 15 is 0 Å². The van der Waals surface area contributed by atoms with Crippen molar-refractivity contribution in [2.24, 2.45) is 11.8 Å². The largest absolute Gasteiger partial charge is 0.493 e. The first kappa shape index (κ1) is 44.0. The molecule has 0 N–H and O–H groups in total. The van der Waals surface area contributed by atoms with Crippen LogP contribution in [0, 0.1) is 11.8 Å². The zero-order chi connectivity index (χ0) is 40.3. The fourth-order valence-corrected chi connectivity index (χ4v) is 9.82. The van der Waals surface area contributed by atoms with Crippen molar-refractivity contribution in [3.8, 4) is 17.2 Å². The van der Waals surface area contributed by atoms with Crippen LogP contribution in [0.25, 0.3) is 0 Å². The first-order valence-corrected chi connectivity index (χ1v) is 24.1. The summed E-state index contributed by atoms with van der Waals surface area (Å²) in [5.41, 5.74) is 1.91. The van der Waals surface area contributed by atoms with Crippen molar-refractivity contribution >= 4 is 20.2 Å². The highest BCUT2D eigenvalue weighted by molar-refractivity contribution is 6.74. The van der Waals surface area contributed by atoms with E-state index in [1.165, 1.54) is 6.42 Å². The van der Waals surface area contributed by atoms with Gasteiger partial charge in [0.15, 0.2) is 19.8 Å². The summed E-state index contributed by atoms with van der Waals surface area (Å²) in [4.78, 5) is 33.7. The maximum Gasteiger partial charge on any atom is 0.329 e. The second kappa shape index (κ2) is 20.5. The highest BCUT2D eigenvalue weighted by atomic mass is 28.4. The monoisotopic (exact) mass is 794 g/mol. The molecular weight excluding hydrogens is 725 g/mol. The van der Waals surface area contributed by atoms with Crippen LogP contribution < -0.4 is 14.2 Å². The zero-order valence-corrected chi connectivity index (χ0v) is 36.6. The fraction of sp³-hybridized carbons (Fsp3) is 0.689. The van der Waals surface area contributed by atoms with Crippen LogP contribution in [0.5, 0.6) is 17.2 Å². The van der Waals surface area contributed by atoms with E-state index < -0.39 is 20.5 Å². The molecule has 1 unspecified atom stereocenters. The number of nitrogens with zero attached hydrogens (tertiary/aromatic N) is 2. The third kappa shape index (κ3) is 11.7. The van der Waals surface area contributed by atoms with Gasteiger partial charge in [-0.1, -0.05) is 58.2 Å². The van der Waals surface area contributed by atoms with E-state index in [2.05, 4.69) is 45.7 Å². The quantitative estimate of drug-likeness (QED) is 0.115. The number of carbonyl (C=O) groups is 2. The number of hydrogen-bond donors (Lipinski definition) is 0. The molecule has 10 nitrogen and oxygen atoms in total. The lowest BCUT2D eigenvalue weighted by Crippen LogP contribution is -2.55. The van der Waals surface area contributed by atoms with Crippen LogP contribution in [0.1, 0.15) is 103 Å². The molecule has 2 heterocycles. The van der Waals surface area contributed by atoms with Crippen LogP contribution in [0.15, 0.2) is 42.5 Å². The van der Waals surface area contributed by atoms with Crippen LogP contribution >= 0.6 is 0 Å². The molecule has 0 aromatic heterocycles. The standard InChI is InChI=1S/C45H70N2O8Si/c1-33(55-56(7,8)45(2,3)4)42(35-15-10-9-11-16-35)43(48)47-24-13-12-19-38(47)44(49)54-39(22-20-34-21-23-40(50-5)41(31-34)51-6)36-17-14-18-37(32-36)53-30-27-46-25-28-52-29-26-46/h14,17-18,21,23,31-33,35,38-39,42H,9-13,15-16,19-20,22,24-30H2,1-8H3/t33-,38?,39-,42-/m1/s1. The minimum atomic E-state index is -2.15. The molecule has 1 saturated carbocycles. The molecule has 11 heteroatoms. The van der Waals surface area contributed by atoms with E-state index in [1.807, 2.05) is 47.4 Å². The maximum atomic E-state index is 14.9. The number of morpholine rings is 1. The van der Waals surface area contributed by atoms with Gasteiger partial charge in [-0.3, -0.25) is 9.69 Å². The minimum absolute atomic E-state index is 0.0237. The molecule has 2 aromatic rings. The van der Waals surface area contributed by atoms with Crippen molar-refractivity contribution in [1.29, 1.82) is 0 Å². The molecule has 312 valence electrons. The summed E-state index contributed by atoms with van der Waals surface area (Å²) in [6, 6.07) is 13.2. The maximum absolute atomic E-state index is 14.9. The molecule has 0 bridgehead atoms. The lowest BCUT2D eigenvalue weighted by molar-refractivity contribution is -0.165. The van der Waals surface area contributed by atoms with Gasteiger partial charge in [0, 0.05) is 26.2 Å². The predicted molar refractivity (Wildman–Crippen MR) is 223 cm³/mol. The molecule has 0 spiro atoms. The van der Waals surface area contributed by atoms with Crippen molar-refractivity contribution < 1.29 is 37.7 Å². The highest BCUT2D eigenvalue weighted by Crippen LogP contribution is 2.42. The first-order chi connectivity index (χ1) is 26.8. The van der Waals surface area contributed by atoms with Crippen LogP contribution in [0.2, 0.25) is 18.1 Å². The predicted octanol–water partition coefficient (Wildman–Crippen LogP) is 8.62. The van der Waals surface area contributed by atoms with Gasteiger partial charge >= 0.3 is 5.97 Å². The van der Waals surface area contributed by atoms with E-state index in [0.717, 1.165) is 88.2 Å². The first-order valence-electron chi connectivity index (χ1n) is 21.2. The Labute approximate surface area is 338 Å². The fourth-order valence-electron chi connectivity index (χ4n) is 8.39. The summed E-state index contributed by atoms with van der Waals surface area (Å²) in [5, 5.41) is 0.0237. The normalized spacial score (nSPS) is 20.5. The molecule has 4 atom stereocenters. The summed E-state index contributed by atoms with van der Waals surface area (Å²) in [7, 11) is 1.10. The molecule has 2 saturated heterocycles. The van der Waals surface area contributed by atoms with E-state index in [0.29, 0.717) is 43.9 Å². The second-order valence-electron chi connectivity index (χ2n) is 17.6. The van der Waals surface area contributed by atoms with Crippen LogP contribution in [0.4, 0.5) is 0 Å². The van der Waals surface area contributed by atoms with Gasteiger partial charge in [-0.2, -0.15) is 0 Å². The van der Waals surface area contributed by atoms with Crippen LogP contribution in [-0.4, -0.2) is 102 Å². The molecule has 2 aliphatic heterocycles. The molecule has 3 fully saturated rings. The number of ether oxygens (including phenoxy) is 5. The average Bonchev–Trinajstić information content (AvgIpc) is 3.19. The van der Waals surface area contributed by atoms with E-state index in [-0.39, 0.29) is 34.9 Å². The van der Waals surface area contributed by atoms with Gasteiger partial charge in [0.2, 0.25) is 5.91 Å². The Morgan fingerprint density at radius 3 is 2.30 bits per heavy atom. The lowest BCUT2D eigenvalue weighted by atomic mass is 9.76. The third-order valence-corrected chi connectivity index (χ3v) is 17.3. The molecule has 5 rings (SSSR count). The average molecular weight is 795 g/mol. The van der Waals surface area contributed by atoms with Crippen LogP contribution in [-0.2, 0) is 29.9 Å². The van der Waals surface area contributed by atoms with Crippen molar-refractivity contribution in [3.05, 3.63) is 53.6 Å². The molecule has 2 aromatic carbocycles. The number of hydrogen-bond acceptors (Lipinski definition) is 9. The Hall–Kier alpha value is -3.12. The van der Waals surface area contributed by atoms with Gasteiger partial charge in [-0.15, -0.1) is 0 Å². The molecule has 0 radical (unpaired) electrons. The number of rotatable bonds is 17.